The van der Waals surface area contributed by atoms with Crippen LogP contribution < -0.4 is 0 Å². The predicted octanol–water partition coefficient (Wildman–Crippen LogP) is 4.48. The van der Waals surface area contributed by atoms with Gasteiger partial charge in [-0.05, 0) is 37.4 Å². The zero-order chi connectivity index (χ0) is 19.7. The van der Waals surface area contributed by atoms with E-state index in [4.69, 9.17) is 9.62 Å². The third-order valence-electron chi connectivity index (χ3n) is 4.64. The molecule has 7 heteroatoms. The smallest absolute Gasteiger partial charge is 0.257 e. The molecule has 0 aliphatic heterocycles. The minimum Gasteiger partial charge on any atom is -0.361 e. The Morgan fingerprint density at radius 2 is 1.96 bits per heavy atom. The van der Waals surface area contributed by atoms with Crippen LogP contribution >= 0.6 is 11.3 Å². The molecule has 0 fully saturated rings. The number of hydrogen-bond acceptors (Lipinski definition) is 5. The van der Waals surface area contributed by atoms with Crippen LogP contribution in [0, 0.1) is 13.8 Å². The molecule has 3 aromatic heterocycles. The number of aromatic nitrogens is 3. The largest absolute Gasteiger partial charge is 0.361 e. The van der Waals surface area contributed by atoms with E-state index in [-0.39, 0.29) is 5.91 Å². The van der Waals surface area contributed by atoms with Crippen molar-refractivity contribution < 1.29 is 9.32 Å². The standard InChI is InChI=1S/C21H20N4O2S/c1-14-17(15(2)27-23-14)12-24(3)21(26)18-13-25(16-8-5-4-6-9-16)22-20(18)19-10-7-11-28-19/h4-11,13H,12H2,1-3H3. The van der Waals surface area contributed by atoms with Gasteiger partial charge in [0.05, 0.1) is 28.4 Å². The first-order valence-corrected chi connectivity index (χ1v) is 9.78. The second-order valence-corrected chi connectivity index (χ2v) is 7.56. The van der Waals surface area contributed by atoms with Crippen LogP contribution in [-0.2, 0) is 6.54 Å². The summed E-state index contributed by atoms with van der Waals surface area (Å²) in [6.45, 7) is 4.17. The lowest BCUT2D eigenvalue weighted by Gasteiger charge is -2.16. The first-order valence-electron chi connectivity index (χ1n) is 8.90. The van der Waals surface area contributed by atoms with Crippen LogP contribution in [0.3, 0.4) is 0 Å². The summed E-state index contributed by atoms with van der Waals surface area (Å²) >= 11 is 1.57. The summed E-state index contributed by atoms with van der Waals surface area (Å²) in [7, 11) is 1.78. The maximum absolute atomic E-state index is 13.3. The lowest BCUT2D eigenvalue weighted by atomic mass is 10.1. The van der Waals surface area contributed by atoms with Crippen molar-refractivity contribution in [1.82, 2.24) is 19.8 Å². The molecule has 0 saturated heterocycles. The molecule has 0 aliphatic carbocycles. The highest BCUT2D eigenvalue weighted by atomic mass is 32.1. The summed E-state index contributed by atoms with van der Waals surface area (Å²) in [5.74, 6) is 0.640. The van der Waals surface area contributed by atoms with Crippen molar-refractivity contribution in [2.45, 2.75) is 20.4 Å². The van der Waals surface area contributed by atoms with Gasteiger partial charge in [-0.15, -0.1) is 11.3 Å². The molecule has 0 aliphatic rings. The van der Waals surface area contributed by atoms with Crippen LogP contribution in [0.1, 0.15) is 27.4 Å². The minimum absolute atomic E-state index is 0.0921. The summed E-state index contributed by atoms with van der Waals surface area (Å²) in [6.07, 6.45) is 1.80. The zero-order valence-electron chi connectivity index (χ0n) is 15.9. The molecule has 0 spiro atoms. The van der Waals surface area contributed by atoms with Gasteiger partial charge in [0.25, 0.3) is 5.91 Å². The van der Waals surface area contributed by atoms with E-state index in [1.807, 2.05) is 61.7 Å². The summed E-state index contributed by atoms with van der Waals surface area (Å²) in [4.78, 5) is 15.9. The number of thiophene rings is 1. The SMILES string of the molecule is Cc1noc(C)c1CN(C)C(=O)c1cn(-c2ccccc2)nc1-c1cccs1. The number of para-hydroxylation sites is 1. The van der Waals surface area contributed by atoms with E-state index in [9.17, 15) is 4.79 Å². The molecule has 0 atom stereocenters. The summed E-state index contributed by atoms with van der Waals surface area (Å²) in [5, 5.41) is 10.7. The maximum atomic E-state index is 13.3. The molecule has 0 N–H and O–H groups in total. The molecule has 6 nitrogen and oxygen atoms in total. The van der Waals surface area contributed by atoms with Gasteiger partial charge in [-0.25, -0.2) is 4.68 Å². The number of amides is 1. The predicted molar refractivity (Wildman–Crippen MR) is 109 cm³/mol. The Morgan fingerprint density at radius 1 is 1.18 bits per heavy atom. The molecule has 3 heterocycles. The van der Waals surface area contributed by atoms with Crippen LogP contribution in [-0.4, -0.2) is 32.8 Å². The first kappa shape index (κ1) is 18.2. The van der Waals surface area contributed by atoms with Gasteiger partial charge < -0.3 is 9.42 Å². The lowest BCUT2D eigenvalue weighted by molar-refractivity contribution is 0.0785. The van der Waals surface area contributed by atoms with Crippen molar-refractivity contribution in [2.75, 3.05) is 7.05 Å². The van der Waals surface area contributed by atoms with Crippen LogP contribution in [0.5, 0.6) is 0 Å². The van der Waals surface area contributed by atoms with Gasteiger partial charge in [-0.1, -0.05) is 29.4 Å². The normalized spacial score (nSPS) is 11.0. The van der Waals surface area contributed by atoms with Crippen LogP contribution in [0.4, 0.5) is 0 Å². The molecular weight excluding hydrogens is 372 g/mol. The number of benzene rings is 1. The van der Waals surface area contributed by atoms with Gasteiger partial charge in [0.15, 0.2) is 0 Å². The molecule has 1 aromatic carbocycles. The number of aryl methyl sites for hydroxylation is 2. The molecule has 0 unspecified atom stereocenters. The van der Waals surface area contributed by atoms with Gasteiger partial charge in [0.2, 0.25) is 0 Å². The maximum Gasteiger partial charge on any atom is 0.257 e. The van der Waals surface area contributed by atoms with Crippen molar-refractivity contribution in [2.24, 2.45) is 0 Å². The number of carbonyl (C=O) groups excluding carboxylic acids is 1. The Kier molecular flexibility index (Phi) is 4.83. The highest BCUT2D eigenvalue weighted by Crippen LogP contribution is 2.29. The van der Waals surface area contributed by atoms with Gasteiger partial charge >= 0.3 is 0 Å². The topological polar surface area (TPSA) is 64.2 Å². The molecular formula is C21H20N4O2S. The highest BCUT2D eigenvalue weighted by molar-refractivity contribution is 7.13. The first-order chi connectivity index (χ1) is 13.5. The Morgan fingerprint density at radius 3 is 2.61 bits per heavy atom. The molecule has 0 saturated carbocycles. The van der Waals surface area contributed by atoms with E-state index in [1.54, 1.807) is 34.2 Å². The molecule has 142 valence electrons. The fourth-order valence-corrected chi connectivity index (χ4v) is 3.80. The molecule has 4 rings (SSSR count). The molecule has 28 heavy (non-hydrogen) atoms. The third kappa shape index (κ3) is 3.36. The quantitative estimate of drug-likeness (QED) is 0.502. The summed E-state index contributed by atoms with van der Waals surface area (Å²) in [5.41, 5.74) is 3.90. The van der Waals surface area contributed by atoms with Crippen LogP contribution in [0.15, 0.2) is 58.6 Å². The number of rotatable bonds is 5. The van der Waals surface area contributed by atoms with Gasteiger partial charge in [-0.2, -0.15) is 5.10 Å². The number of nitrogens with zero attached hydrogens (tertiary/aromatic N) is 4. The fourth-order valence-electron chi connectivity index (χ4n) is 3.08. The van der Waals surface area contributed by atoms with E-state index in [2.05, 4.69) is 5.16 Å². The molecule has 4 aromatic rings. The van der Waals surface area contributed by atoms with Crippen molar-refractivity contribution in [3.8, 4) is 16.3 Å². The summed E-state index contributed by atoms with van der Waals surface area (Å²) in [6, 6.07) is 13.7. The zero-order valence-corrected chi connectivity index (χ0v) is 16.7. The third-order valence-corrected chi connectivity index (χ3v) is 5.52. The number of carbonyl (C=O) groups is 1. The van der Waals surface area contributed by atoms with Crippen LogP contribution in [0.2, 0.25) is 0 Å². The lowest BCUT2D eigenvalue weighted by Crippen LogP contribution is -2.26. The summed E-state index contributed by atoms with van der Waals surface area (Å²) < 4.78 is 6.98. The molecule has 0 bridgehead atoms. The van der Waals surface area contributed by atoms with Gasteiger partial charge in [-0.3, -0.25) is 4.79 Å². The molecule has 1 amide bonds. The fraction of sp³-hybridized carbons (Fsp3) is 0.190. The van der Waals surface area contributed by atoms with Crippen LogP contribution in [0.25, 0.3) is 16.3 Å². The second-order valence-electron chi connectivity index (χ2n) is 6.61. The van der Waals surface area contributed by atoms with Gasteiger partial charge in [0, 0.05) is 18.8 Å². The minimum atomic E-state index is -0.0921. The van der Waals surface area contributed by atoms with Crippen molar-refractivity contribution in [1.29, 1.82) is 0 Å². The van der Waals surface area contributed by atoms with E-state index in [1.165, 1.54) is 0 Å². The van der Waals surface area contributed by atoms with Crippen molar-refractivity contribution >= 4 is 17.2 Å². The Bertz CT molecular complexity index is 1080. The van der Waals surface area contributed by atoms with Crippen molar-refractivity contribution in [3.05, 3.63) is 76.6 Å². The Balaban J connectivity index is 1.71. The average molecular weight is 392 g/mol. The van der Waals surface area contributed by atoms with E-state index in [0.717, 1.165) is 27.6 Å². The Labute approximate surface area is 167 Å². The Hall–Kier alpha value is -3.19. The second kappa shape index (κ2) is 7.44. The monoisotopic (exact) mass is 392 g/mol. The van der Waals surface area contributed by atoms with E-state index >= 15 is 0 Å². The highest BCUT2D eigenvalue weighted by Gasteiger charge is 2.23. The van der Waals surface area contributed by atoms with Gasteiger partial charge in [0.1, 0.15) is 11.5 Å². The van der Waals surface area contributed by atoms with Crippen molar-refractivity contribution in [3.63, 3.8) is 0 Å². The van der Waals surface area contributed by atoms with E-state index < -0.39 is 0 Å². The number of hydrogen-bond donors (Lipinski definition) is 0. The molecule has 0 radical (unpaired) electrons. The van der Waals surface area contributed by atoms with E-state index in [0.29, 0.717) is 17.8 Å². The average Bonchev–Trinajstić information content (AvgIpc) is 3.44.